The molecule has 0 saturated heterocycles. The minimum atomic E-state index is -0.250. The minimum Gasteiger partial charge on any atom is -0.508 e. The molecule has 0 aliphatic heterocycles. The second-order valence-corrected chi connectivity index (χ2v) is 5.33. The van der Waals surface area contributed by atoms with Gasteiger partial charge in [-0.15, -0.1) is 0 Å². The fraction of sp³-hybridized carbons (Fsp3) is 0.278. The van der Waals surface area contributed by atoms with Crippen molar-refractivity contribution in [2.45, 2.75) is 31.8 Å². The van der Waals surface area contributed by atoms with Crippen LogP contribution in [0.1, 0.15) is 23.1 Å². The van der Waals surface area contributed by atoms with E-state index in [1.165, 1.54) is 11.1 Å². The van der Waals surface area contributed by atoms with Crippen LogP contribution in [0.15, 0.2) is 48.5 Å². The molecule has 3 N–H and O–H groups in total. The van der Waals surface area contributed by atoms with Crippen molar-refractivity contribution in [2.75, 3.05) is 0 Å². The Balaban J connectivity index is 0.000000545. The van der Waals surface area contributed by atoms with E-state index in [-0.39, 0.29) is 6.47 Å². The fourth-order valence-electron chi connectivity index (χ4n) is 2.82. The van der Waals surface area contributed by atoms with Crippen LogP contribution in [-0.2, 0) is 24.2 Å². The lowest BCUT2D eigenvalue weighted by atomic mass is 9.87. The third kappa shape index (κ3) is 4.33. The number of phenolic OH excluding ortho intramolecular Hbond substituents is 1. The zero-order valence-corrected chi connectivity index (χ0v) is 12.4. The monoisotopic (exact) mass is 299 g/mol. The Bertz CT molecular complexity index is 599. The van der Waals surface area contributed by atoms with Gasteiger partial charge >= 0.3 is 0 Å². The molecule has 0 saturated carbocycles. The Morgan fingerprint density at radius 3 is 2.59 bits per heavy atom. The van der Waals surface area contributed by atoms with Crippen LogP contribution in [0, 0.1) is 0 Å². The Labute approximate surface area is 130 Å². The summed E-state index contributed by atoms with van der Waals surface area (Å²) >= 11 is 0. The van der Waals surface area contributed by atoms with Gasteiger partial charge in [-0.2, -0.15) is 0 Å². The van der Waals surface area contributed by atoms with Crippen molar-refractivity contribution in [2.24, 2.45) is 0 Å². The van der Waals surface area contributed by atoms with Gasteiger partial charge in [0, 0.05) is 12.6 Å². The van der Waals surface area contributed by atoms with Gasteiger partial charge < -0.3 is 15.5 Å². The van der Waals surface area contributed by atoms with E-state index in [4.69, 9.17) is 9.90 Å². The molecule has 4 heteroatoms. The summed E-state index contributed by atoms with van der Waals surface area (Å²) in [4.78, 5) is 8.36. The summed E-state index contributed by atoms with van der Waals surface area (Å²) in [7, 11) is 0. The number of phenols is 1. The van der Waals surface area contributed by atoms with Crippen molar-refractivity contribution >= 4 is 6.47 Å². The molecule has 2 aromatic carbocycles. The third-order valence-corrected chi connectivity index (χ3v) is 3.90. The first-order valence-electron chi connectivity index (χ1n) is 7.39. The lowest BCUT2D eigenvalue weighted by Gasteiger charge is -2.26. The third-order valence-electron chi connectivity index (χ3n) is 3.90. The molecule has 1 aliphatic carbocycles. The predicted octanol–water partition coefficient (Wildman–Crippen LogP) is 2.74. The van der Waals surface area contributed by atoms with E-state index in [2.05, 4.69) is 35.6 Å². The highest BCUT2D eigenvalue weighted by molar-refractivity contribution is 5.41. The topological polar surface area (TPSA) is 69.6 Å². The highest BCUT2D eigenvalue weighted by atomic mass is 16.3. The normalized spacial score (nSPS) is 16.1. The number of carbonyl (C=O) groups is 1. The van der Waals surface area contributed by atoms with Crippen LogP contribution in [0.2, 0.25) is 0 Å². The number of rotatable bonds is 3. The van der Waals surface area contributed by atoms with E-state index in [0.717, 1.165) is 31.4 Å². The van der Waals surface area contributed by atoms with Gasteiger partial charge in [0.05, 0.1) is 0 Å². The molecule has 1 atom stereocenters. The van der Waals surface area contributed by atoms with Crippen LogP contribution in [0.3, 0.4) is 0 Å². The van der Waals surface area contributed by atoms with E-state index in [1.54, 1.807) is 6.07 Å². The number of benzene rings is 2. The van der Waals surface area contributed by atoms with Crippen molar-refractivity contribution in [3.05, 3.63) is 65.2 Å². The minimum absolute atomic E-state index is 0.250. The maximum Gasteiger partial charge on any atom is 0.290 e. The maximum atomic E-state index is 9.83. The molecule has 22 heavy (non-hydrogen) atoms. The van der Waals surface area contributed by atoms with Crippen molar-refractivity contribution in [3.63, 3.8) is 0 Å². The molecule has 0 spiro atoms. The van der Waals surface area contributed by atoms with Crippen LogP contribution in [0.5, 0.6) is 5.75 Å². The lowest BCUT2D eigenvalue weighted by Crippen LogP contribution is -2.34. The molecule has 1 aliphatic rings. The molecule has 3 rings (SSSR count). The highest BCUT2D eigenvalue weighted by Crippen LogP contribution is 2.28. The summed E-state index contributed by atoms with van der Waals surface area (Å²) in [6.45, 7) is 0.666. The van der Waals surface area contributed by atoms with Gasteiger partial charge in [-0.3, -0.25) is 4.79 Å². The van der Waals surface area contributed by atoms with E-state index in [1.807, 2.05) is 12.1 Å². The predicted molar refractivity (Wildman–Crippen MR) is 85.9 cm³/mol. The first kappa shape index (κ1) is 16.0. The summed E-state index contributed by atoms with van der Waals surface area (Å²) in [5, 5.41) is 20.3. The Morgan fingerprint density at radius 1 is 1.14 bits per heavy atom. The maximum absolute atomic E-state index is 9.83. The molecule has 0 fully saturated rings. The average Bonchev–Trinajstić information content (AvgIpc) is 2.55. The lowest BCUT2D eigenvalue weighted by molar-refractivity contribution is -0.122. The van der Waals surface area contributed by atoms with E-state index in [0.29, 0.717) is 11.8 Å². The zero-order chi connectivity index (χ0) is 15.8. The Morgan fingerprint density at radius 2 is 1.86 bits per heavy atom. The van der Waals surface area contributed by atoms with Crippen LogP contribution in [-0.4, -0.2) is 22.7 Å². The first-order valence-corrected chi connectivity index (χ1v) is 7.39. The highest BCUT2D eigenvalue weighted by Gasteiger charge is 2.19. The van der Waals surface area contributed by atoms with Gasteiger partial charge in [-0.1, -0.05) is 42.5 Å². The number of fused-ring (bicyclic) bond motifs is 1. The molecule has 0 heterocycles. The van der Waals surface area contributed by atoms with E-state index >= 15 is 0 Å². The van der Waals surface area contributed by atoms with E-state index < -0.39 is 0 Å². The number of nitrogens with one attached hydrogen (secondary N) is 1. The van der Waals surface area contributed by atoms with E-state index in [9.17, 15) is 5.11 Å². The molecule has 0 bridgehead atoms. The van der Waals surface area contributed by atoms with Crippen molar-refractivity contribution < 1.29 is 15.0 Å². The summed E-state index contributed by atoms with van der Waals surface area (Å²) in [6.07, 6.45) is 3.07. The number of carboxylic acid groups (broad SMARTS) is 1. The molecule has 0 amide bonds. The Kier molecular flexibility index (Phi) is 5.98. The van der Waals surface area contributed by atoms with Gasteiger partial charge in [0.25, 0.3) is 6.47 Å². The zero-order valence-electron chi connectivity index (χ0n) is 12.4. The molecule has 2 aromatic rings. The van der Waals surface area contributed by atoms with Gasteiger partial charge in [-0.25, -0.2) is 0 Å². The second kappa shape index (κ2) is 8.20. The molecule has 0 aromatic heterocycles. The molecule has 4 nitrogen and oxygen atoms in total. The second-order valence-electron chi connectivity index (χ2n) is 5.33. The standard InChI is InChI=1S/C17H19NO.CH2O2/c19-17-8-4-7-14-11-15(9-10-16(14)17)18-12-13-5-2-1-3-6-13;2-1-3/h1-8,15,18-19H,9-12H2;1H,(H,2,3). The number of hydrogen-bond donors (Lipinski definition) is 3. The van der Waals surface area contributed by atoms with Crippen LogP contribution in [0.25, 0.3) is 0 Å². The van der Waals surface area contributed by atoms with Crippen LogP contribution in [0.4, 0.5) is 0 Å². The van der Waals surface area contributed by atoms with Crippen LogP contribution >= 0.6 is 0 Å². The summed E-state index contributed by atoms with van der Waals surface area (Å²) in [6, 6.07) is 16.9. The average molecular weight is 299 g/mol. The SMILES string of the molecule is O=CO.Oc1cccc2c1CCC(NCc1ccccc1)C2. The summed E-state index contributed by atoms with van der Waals surface area (Å²) in [5.41, 5.74) is 3.75. The smallest absolute Gasteiger partial charge is 0.290 e. The summed E-state index contributed by atoms with van der Waals surface area (Å²) in [5.74, 6) is 0.457. The Hall–Kier alpha value is -2.33. The van der Waals surface area contributed by atoms with Gasteiger partial charge in [0.1, 0.15) is 5.75 Å². The van der Waals surface area contributed by atoms with Crippen molar-refractivity contribution in [1.29, 1.82) is 0 Å². The van der Waals surface area contributed by atoms with Gasteiger partial charge in [0.15, 0.2) is 0 Å². The quantitative estimate of drug-likeness (QED) is 0.762. The van der Waals surface area contributed by atoms with Crippen molar-refractivity contribution in [3.8, 4) is 5.75 Å². The van der Waals surface area contributed by atoms with Crippen LogP contribution < -0.4 is 5.32 Å². The number of aromatic hydroxyl groups is 1. The molecular formula is C18H21NO3. The summed E-state index contributed by atoms with van der Waals surface area (Å²) < 4.78 is 0. The van der Waals surface area contributed by atoms with Crippen molar-refractivity contribution in [1.82, 2.24) is 5.32 Å². The largest absolute Gasteiger partial charge is 0.508 e. The first-order chi connectivity index (χ1) is 10.7. The molecular weight excluding hydrogens is 278 g/mol. The van der Waals surface area contributed by atoms with Gasteiger partial charge in [-0.05, 0) is 42.0 Å². The van der Waals surface area contributed by atoms with Gasteiger partial charge in [0.2, 0.25) is 0 Å². The molecule has 0 radical (unpaired) electrons. The molecule has 1 unspecified atom stereocenters. The fourth-order valence-corrected chi connectivity index (χ4v) is 2.82. The number of hydrogen-bond acceptors (Lipinski definition) is 3. The molecule has 116 valence electrons.